The monoisotopic (exact) mass is 497 g/mol. The molecule has 0 bridgehead atoms. The molecule has 37 heavy (non-hydrogen) atoms. The molecule has 3 amide bonds. The lowest BCUT2D eigenvalue weighted by Gasteiger charge is -2.48. The largest absolute Gasteiger partial charge is 0.497 e. The molecule has 0 saturated heterocycles. The Labute approximate surface area is 215 Å². The maximum atomic E-state index is 13.3. The molecule has 0 unspecified atom stereocenters. The highest BCUT2D eigenvalue weighted by Crippen LogP contribution is 2.55. The van der Waals surface area contributed by atoms with Crippen molar-refractivity contribution in [3.05, 3.63) is 89.0 Å². The van der Waals surface area contributed by atoms with Gasteiger partial charge in [0.1, 0.15) is 11.9 Å². The summed E-state index contributed by atoms with van der Waals surface area (Å²) >= 11 is 0. The number of methoxy groups -OCH3 is 2. The van der Waals surface area contributed by atoms with Crippen LogP contribution in [0.1, 0.15) is 38.3 Å². The van der Waals surface area contributed by atoms with Gasteiger partial charge in [-0.05, 0) is 60.4 Å². The third kappa shape index (κ3) is 3.18. The van der Waals surface area contributed by atoms with Crippen LogP contribution in [-0.2, 0) is 16.6 Å². The molecule has 188 valence electrons. The zero-order chi connectivity index (χ0) is 25.9. The van der Waals surface area contributed by atoms with Crippen LogP contribution in [0.4, 0.5) is 16.2 Å². The van der Waals surface area contributed by atoms with Crippen molar-refractivity contribution in [1.29, 1.82) is 0 Å². The maximum absolute atomic E-state index is 13.3. The summed E-state index contributed by atoms with van der Waals surface area (Å²) in [4.78, 5) is 44.8. The minimum absolute atomic E-state index is 0.213. The number of carbonyl (C=O) groups excluding carboxylic acids is 3. The molecule has 3 aromatic rings. The SMILES string of the molecule is COC(=O)N1c2ccccc2C[C@@]2(CCN3C(=O)c4ccccc4C3=O)c3cc(OC)ccc3N(C)[C@@H]12. The molecular formula is C29H27N3O5. The van der Waals surface area contributed by atoms with Crippen LogP contribution in [0.5, 0.6) is 5.75 Å². The maximum Gasteiger partial charge on any atom is 0.415 e. The lowest BCUT2D eigenvalue weighted by Crippen LogP contribution is -2.61. The number of anilines is 2. The summed E-state index contributed by atoms with van der Waals surface area (Å²) in [6, 6.07) is 20.6. The highest BCUT2D eigenvalue weighted by Gasteiger charge is 2.57. The molecule has 8 heteroatoms. The average Bonchev–Trinajstić information content (AvgIpc) is 3.32. The predicted molar refractivity (Wildman–Crippen MR) is 138 cm³/mol. The van der Waals surface area contributed by atoms with Gasteiger partial charge in [-0.2, -0.15) is 0 Å². The Morgan fingerprint density at radius 1 is 0.946 bits per heavy atom. The molecule has 3 aliphatic heterocycles. The summed E-state index contributed by atoms with van der Waals surface area (Å²) in [7, 11) is 4.97. The van der Waals surface area contributed by atoms with Crippen LogP contribution < -0.4 is 14.5 Å². The van der Waals surface area contributed by atoms with Crippen molar-refractivity contribution in [2.24, 2.45) is 0 Å². The Bertz CT molecular complexity index is 1420. The fourth-order valence-corrected chi connectivity index (χ4v) is 6.37. The van der Waals surface area contributed by atoms with Gasteiger partial charge in [0.15, 0.2) is 0 Å². The second-order valence-corrected chi connectivity index (χ2v) is 9.73. The molecule has 0 aromatic heterocycles. The minimum Gasteiger partial charge on any atom is -0.497 e. The summed E-state index contributed by atoms with van der Waals surface area (Å²) in [6.45, 7) is 0.213. The van der Waals surface area contributed by atoms with E-state index in [1.165, 1.54) is 12.0 Å². The van der Waals surface area contributed by atoms with Gasteiger partial charge in [0.05, 0.1) is 31.0 Å². The van der Waals surface area contributed by atoms with Crippen LogP contribution in [0.2, 0.25) is 0 Å². The lowest BCUT2D eigenvalue weighted by molar-refractivity contribution is 0.0637. The summed E-state index contributed by atoms with van der Waals surface area (Å²) in [5, 5.41) is 0. The zero-order valence-electron chi connectivity index (χ0n) is 20.9. The first-order valence-electron chi connectivity index (χ1n) is 12.2. The molecule has 6 rings (SSSR count). The fraction of sp³-hybridized carbons (Fsp3) is 0.276. The van der Waals surface area contributed by atoms with Crippen molar-refractivity contribution >= 4 is 29.3 Å². The van der Waals surface area contributed by atoms with Crippen molar-refractivity contribution in [3.63, 3.8) is 0 Å². The number of nitrogens with zero attached hydrogens (tertiary/aromatic N) is 3. The van der Waals surface area contributed by atoms with E-state index in [9.17, 15) is 14.4 Å². The quantitative estimate of drug-likeness (QED) is 0.502. The molecular weight excluding hydrogens is 470 g/mol. The van der Waals surface area contributed by atoms with Crippen molar-refractivity contribution in [2.45, 2.75) is 24.4 Å². The molecule has 3 heterocycles. The predicted octanol–water partition coefficient (Wildman–Crippen LogP) is 4.22. The molecule has 8 nitrogen and oxygen atoms in total. The fourth-order valence-electron chi connectivity index (χ4n) is 6.37. The number of imide groups is 1. The Balaban J connectivity index is 1.48. The normalized spacial score (nSPS) is 21.4. The lowest BCUT2D eigenvalue weighted by atomic mass is 9.69. The first-order chi connectivity index (χ1) is 17.9. The summed E-state index contributed by atoms with van der Waals surface area (Å²) in [6.07, 6.45) is 0.186. The van der Waals surface area contributed by atoms with Gasteiger partial charge in [-0.15, -0.1) is 0 Å². The molecule has 0 fully saturated rings. The van der Waals surface area contributed by atoms with Crippen molar-refractivity contribution < 1.29 is 23.9 Å². The number of hydrogen-bond donors (Lipinski definition) is 0. The zero-order valence-corrected chi connectivity index (χ0v) is 20.9. The van der Waals surface area contributed by atoms with Gasteiger partial charge < -0.3 is 14.4 Å². The number of para-hydroxylation sites is 1. The Kier molecular flexibility index (Phi) is 5.22. The molecule has 0 saturated carbocycles. The molecule has 3 aliphatic rings. The van der Waals surface area contributed by atoms with Gasteiger partial charge in [-0.3, -0.25) is 19.4 Å². The van der Waals surface area contributed by atoms with E-state index in [-0.39, 0.29) is 18.4 Å². The van der Waals surface area contributed by atoms with Crippen LogP contribution in [0.15, 0.2) is 66.7 Å². The van der Waals surface area contributed by atoms with Gasteiger partial charge in [0.2, 0.25) is 0 Å². The molecule has 2 atom stereocenters. The number of hydrogen-bond acceptors (Lipinski definition) is 6. The minimum atomic E-state index is -0.628. The van der Waals surface area contributed by atoms with Gasteiger partial charge in [-0.25, -0.2) is 4.79 Å². The van der Waals surface area contributed by atoms with E-state index in [1.807, 2.05) is 49.5 Å². The second kappa shape index (κ2) is 8.37. The third-order valence-corrected chi connectivity index (χ3v) is 8.01. The van der Waals surface area contributed by atoms with E-state index >= 15 is 0 Å². The van der Waals surface area contributed by atoms with Crippen LogP contribution in [0, 0.1) is 0 Å². The third-order valence-electron chi connectivity index (χ3n) is 8.01. The van der Waals surface area contributed by atoms with E-state index in [1.54, 1.807) is 36.3 Å². The summed E-state index contributed by atoms with van der Waals surface area (Å²) in [5.74, 6) is 0.134. The van der Waals surface area contributed by atoms with Gasteiger partial charge in [-0.1, -0.05) is 30.3 Å². The van der Waals surface area contributed by atoms with Crippen LogP contribution in [-0.4, -0.2) is 56.8 Å². The van der Waals surface area contributed by atoms with Crippen LogP contribution >= 0.6 is 0 Å². The highest BCUT2D eigenvalue weighted by molar-refractivity contribution is 6.21. The highest BCUT2D eigenvalue weighted by atomic mass is 16.5. The van der Waals surface area contributed by atoms with E-state index < -0.39 is 17.7 Å². The van der Waals surface area contributed by atoms with E-state index in [2.05, 4.69) is 4.90 Å². The van der Waals surface area contributed by atoms with Crippen LogP contribution in [0.3, 0.4) is 0 Å². The van der Waals surface area contributed by atoms with Crippen molar-refractivity contribution in [2.75, 3.05) is 37.6 Å². The first-order valence-corrected chi connectivity index (χ1v) is 12.2. The number of likely N-dealkylation sites (N-methyl/N-ethyl adjacent to an activating group) is 1. The Morgan fingerprint density at radius 2 is 1.62 bits per heavy atom. The van der Waals surface area contributed by atoms with Gasteiger partial charge >= 0.3 is 6.09 Å². The molecule has 3 aromatic carbocycles. The standard InChI is InChI=1S/C29H27N3O5/c1-30-24-13-12-19(36-2)16-22(24)29(14-15-31-25(33)20-9-5-6-10-21(20)26(31)34)17-18-8-4-7-11-23(18)32(27(29)30)28(35)37-3/h4-13,16,27H,14-15,17H2,1-3H3/t27-,29-/m0/s1. The van der Waals surface area contributed by atoms with Crippen LogP contribution in [0.25, 0.3) is 0 Å². The van der Waals surface area contributed by atoms with Crippen molar-refractivity contribution in [3.8, 4) is 5.75 Å². The Hall–Kier alpha value is -4.33. The number of fused-ring (bicyclic) bond motifs is 5. The first kappa shape index (κ1) is 23.1. The number of rotatable bonds is 4. The molecule has 0 spiro atoms. The number of amides is 3. The second-order valence-electron chi connectivity index (χ2n) is 9.73. The van der Waals surface area contributed by atoms with E-state index in [0.29, 0.717) is 29.7 Å². The van der Waals surface area contributed by atoms with E-state index in [0.717, 1.165) is 22.5 Å². The van der Waals surface area contributed by atoms with E-state index in [4.69, 9.17) is 9.47 Å². The Morgan fingerprint density at radius 3 is 2.30 bits per heavy atom. The van der Waals surface area contributed by atoms with Crippen molar-refractivity contribution in [1.82, 2.24) is 4.90 Å². The van der Waals surface area contributed by atoms with Gasteiger partial charge in [0.25, 0.3) is 11.8 Å². The molecule has 0 N–H and O–H groups in total. The number of carbonyl (C=O) groups is 3. The number of benzene rings is 3. The summed E-state index contributed by atoms with van der Waals surface area (Å²) in [5.41, 5.74) is 4.00. The molecule has 0 aliphatic carbocycles. The number of ether oxygens (including phenoxy) is 2. The van der Waals surface area contributed by atoms with Gasteiger partial charge in [0, 0.05) is 24.7 Å². The molecule has 0 radical (unpaired) electrons. The average molecular weight is 498 g/mol. The summed E-state index contributed by atoms with van der Waals surface area (Å²) < 4.78 is 10.8. The topological polar surface area (TPSA) is 79.4 Å². The smallest absolute Gasteiger partial charge is 0.415 e.